The lowest BCUT2D eigenvalue weighted by atomic mass is 9.77. The van der Waals surface area contributed by atoms with E-state index in [0.29, 0.717) is 0 Å². The van der Waals surface area contributed by atoms with E-state index in [4.69, 9.17) is 0 Å². The van der Waals surface area contributed by atoms with Crippen LogP contribution in [0.15, 0.2) is 108 Å². The van der Waals surface area contributed by atoms with Gasteiger partial charge in [0, 0.05) is 0 Å². The van der Waals surface area contributed by atoms with Crippen molar-refractivity contribution in [1.29, 1.82) is 0 Å². The van der Waals surface area contributed by atoms with Gasteiger partial charge in [-0.3, -0.25) is 0 Å². The quantitative estimate of drug-likeness (QED) is 0.443. The summed E-state index contributed by atoms with van der Waals surface area (Å²) in [5.41, 5.74) is 4.51. The number of hydrogen-bond acceptors (Lipinski definition) is 2. The number of hydrogen-bond donors (Lipinski definition) is 0. The predicted octanol–water partition coefficient (Wildman–Crippen LogP) is 6.67. The molecular formula is C30H34O2S. The van der Waals surface area contributed by atoms with Crippen molar-refractivity contribution in [3.8, 4) is 0 Å². The minimum Gasteiger partial charge on any atom is -0.228 e. The molecule has 0 bridgehead atoms. The molecule has 0 aromatic heterocycles. The van der Waals surface area contributed by atoms with Crippen molar-refractivity contribution < 1.29 is 8.42 Å². The van der Waals surface area contributed by atoms with Gasteiger partial charge in [0.15, 0.2) is 9.84 Å². The molecule has 0 aliphatic heterocycles. The van der Waals surface area contributed by atoms with Gasteiger partial charge in [-0.2, -0.15) is 0 Å². The highest BCUT2D eigenvalue weighted by Crippen LogP contribution is 2.35. The van der Waals surface area contributed by atoms with E-state index in [2.05, 4.69) is 86.7 Å². The summed E-state index contributed by atoms with van der Waals surface area (Å²) in [5, 5.41) is 0. The zero-order chi connectivity index (χ0) is 23.4. The second-order valence-corrected chi connectivity index (χ2v) is 12.4. The summed E-state index contributed by atoms with van der Waals surface area (Å²) >= 11 is 0. The molecule has 3 heteroatoms. The lowest BCUT2D eigenvalue weighted by Crippen LogP contribution is -2.22. The summed E-state index contributed by atoms with van der Waals surface area (Å²) in [7, 11) is -3.21. The van der Waals surface area contributed by atoms with Crippen LogP contribution in [0.4, 0.5) is 0 Å². The SMILES string of the molecule is CC1(Cc2ccccc2)C=CC(CS(=O)(=O)CC2=CCC(C)(Cc3ccccc3)C=C2)=CC1. The molecule has 2 nitrogen and oxygen atoms in total. The van der Waals surface area contributed by atoms with E-state index in [1.54, 1.807) is 0 Å². The fourth-order valence-electron chi connectivity index (χ4n) is 4.78. The van der Waals surface area contributed by atoms with E-state index >= 15 is 0 Å². The Bertz CT molecular complexity index is 1100. The minimum atomic E-state index is -3.21. The fraction of sp³-hybridized carbons (Fsp3) is 0.333. The van der Waals surface area contributed by atoms with E-state index in [-0.39, 0.29) is 22.3 Å². The molecular weight excluding hydrogens is 424 g/mol. The van der Waals surface area contributed by atoms with Crippen LogP contribution < -0.4 is 0 Å². The van der Waals surface area contributed by atoms with Gasteiger partial charge in [0.05, 0.1) is 11.5 Å². The Morgan fingerprint density at radius 1 is 0.667 bits per heavy atom. The molecule has 2 atom stereocenters. The van der Waals surface area contributed by atoms with Crippen molar-refractivity contribution in [2.75, 3.05) is 11.5 Å². The molecule has 2 aromatic rings. The van der Waals surface area contributed by atoms with Crippen LogP contribution in [0.2, 0.25) is 0 Å². The van der Waals surface area contributed by atoms with Gasteiger partial charge < -0.3 is 0 Å². The van der Waals surface area contributed by atoms with Crippen molar-refractivity contribution in [2.45, 2.75) is 39.5 Å². The average molecular weight is 459 g/mol. The van der Waals surface area contributed by atoms with Crippen molar-refractivity contribution >= 4 is 9.84 Å². The Kier molecular flexibility index (Phi) is 6.90. The van der Waals surface area contributed by atoms with E-state index in [9.17, 15) is 8.42 Å². The zero-order valence-electron chi connectivity index (χ0n) is 19.7. The first-order valence-electron chi connectivity index (χ1n) is 11.8. The standard InChI is InChI=1S/C30H34O2S/c1-29(21-25-9-5-3-6-10-25)17-13-27(14-18-29)23-33(31,32)24-28-15-19-30(2,20-16-28)22-26-11-7-4-8-12-26/h3-17,19H,18,20-24H2,1-2H3. The summed E-state index contributed by atoms with van der Waals surface area (Å²) in [6, 6.07) is 20.9. The molecule has 0 N–H and O–H groups in total. The second kappa shape index (κ2) is 9.69. The Morgan fingerprint density at radius 2 is 1.06 bits per heavy atom. The highest BCUT2D eigenvalue weighted by Gasteiger charge is 2.27. The summed E-state index contributed by atoms with van der Waals surface area (Å²) < 4.78 is 25.8. The molecule has 4 rings (SSSR count). The van der Waals surface area contributed by atoms with Crippen LogP contribution >= 0.6 is 0 Å². The fourth-order valence-corrected chi connectivity index (χ4v) is 6.32. The third-order valence-corrected chi connectivity index (χ3v) is 8.28. The maximum atomic E-state index is 12.9. The Balaban J connectivity index is 1.32. The number of allylic oxidation sites excluding steroid dienone is 6. The van der Waals surface area contributed by atoms with Gasteiger partial charge in [0.2, 0.25) is 0 Å². The number of sulfone groups is 1. The molecule has 0 saturated carbocycles. The summed E-state index contributed by atoms with van der Waals surface area (Å²) in [6.07, 6.45) is 16.3. The third kappa shape index (κ3) is 6.68. The van der Waals surface area contributed by atoms with Crippen LogP contribution in [0.1, 0.15) is 37.8 Å². The van der Waals surface area contributed by atoms with Gasteiger partial charge in [-0.25, -0.2) is 8.42 Å². The van der Waals surface area contributed by atoms with Crippen LogP contribution in [0.25, 0.3) is 0 Å². The Hall–Kier alpha value is -2.65. The summed E-state index contributed by atoms with van der Waals surface area (Å²) in [5.74, 6) is 0.217. The molecule has 2 unspecified atom stereocenters. The van der Waals surface area contributed by atoms with Crippen molar-refractivity contribution in [3.05, 3.63) is 119 Å². The summed E-state index contributed by atoms with van der Waals surface area (Å²) in [4.78, 5) is 0. The molecule has 172 valence electrons. The molecule has 2 aliphatic carbocycles. The van der Waals surface area contributed by atoms with E-state index in [1.165, 1.54) is 11.1 Å². The maximum Gasteiger partial charge on any atom is 0.158 e. The van der Waals surface area contributed by atoms with Gasteiger partial charge in [-0.15, -0.1) is 0 Å². The van der Waals surface area contributed by atoms with Crippen molar-refractivity contribution in [2.24, 2.45) is 10.8 Å². The van der Waals surface area contributed by atoms with Gasteiger partial charge in [0.25, 0.3) is 0 Å². The van der Waals surface area contributed by atoms with Crippen LogP contribution in [-0.4, -0.2) is 19.9 Å². The average Bonchev–Trinajstić information content (AvgIpc) is 2.78. The minimum absolute atomic E-state index is 0.0342. The molecule has 0 fully saturated rings. The predicted molar refractivity (Wildman–Crippen MR) is 139 cm³/mol. The molecule has 0 radical (unpaired) electrons. The topological polar surface area (TPSA) is 34.1 Å². The van der Waals surface area contributed by atoms with Gasteiger partial charge >= 0.3 is 0 Å². The van der Waals surface area contributed by atoms with Crippen LogP contribution in [0, 0.1) is 10.8 Å². The van der Waals surface area contributed by atoms with Crippen molar-refractivity contribution in [1.82, 2.24) is 0 Å². The Labute approximate surface area is 199 Å². The highest BCUT2D eigenvalue weighted by atomic mass is 32.2. The second-order valence-electron chi connectivity index (χ2n) is 10.3. The van der Waals surface area contributed by atoms with E-state index < -0.39 is 9.84 Å². The molecule has 0 amide bonds. The first kappa shape index (κ1) is 23.5. The largest absolute Gasteiger partial charge is 0.228 e. The number of benzene rings is 2. The Morgan fingerprint density at radius 3 is 1.39 bits per heavy atom. The third-order valence-electron chi connectivity index (χ3n) is 6.74. The molecule has 2 aliphatic rings. The first-order valence-corrected chi connectivity index (χ1v) is 13.6. The van der Waals surface area contributed by atoms with Gasteiger partial charge in [0.1, 0.15) is 0 Å². The smallest absolute Gasteiger partial charge is 0.158 e. The molecule has 33 heavy (non-hydrogen) atoms. The molecule has 0 heterocycles. The van der Waals surface area contributed by atoms with Crippen LogP contribution in [0.5, 0.6) is 0 Å². The normalized spacial score (nSPS) is 24.9. The highest BCUT2D eigenvalue weighted by molar-refractivity contribution is 7.91. The monoisotopic (exact) mass is 458 g/mol. The van der Waals surface area contributed by atoms with Crippen LogP contribution in [-0.2, 0) is 22.7 Å². The first-order chi connectivity index (χ1) is 15.7. The van der Waals surface area contributed by atoms with Gasteiger partial charge in [-0.1, -0.05) is 111 Å². The molecule has 0 saturated heterocycles. The molecule has 2 aromatic carbocycles. The summed E-state index contributed by atoms with van der Waals surface area (Å²) in [6.45, 7) is 4.48. The van der Waals surface area contributed by atoms with Crippen LogP contribution in [0.3, 0.4) is 0 Å². The molecule has 0 spiro atoms. The number of rotatable bonds is 8. The maximum absolute atomic E-state index is 12.9. The lowest BCUT2D eigenvalue weighted by Gasteiger charge is -2.29. The van der Waals surface area contributed by atoms with Crippen molar-refractivity contribution in [3.63, 3.8) is 0 Å². The zero-order valence-corrected chi connectivity index (χ0v) is 20.5. The van der Waals surface area contributed by atoms with E-state index in [1.807, 2.05) is 24.3 Å². The van der Waals surface area contributed by atoms with E-state index in [0.717, 1.165) is 36.8 Å². The lowest BCUT2D eigenvalue weighted by molar-refractivity contribution is 0.425. The van der Waals surface area contributed by atoms with Gasteiger partial charge in [-0.05, 0) is 58.8 Å².